The smallest absolute Gasteiger partial charge is 0.309 e. The summed E-state index contributed by atoms with van der Waals surface area (Å²) in [5, 5.41) is 28.2. The van der Waals surface area contributed by atoms with Crippen molar-refractivity contribution in [2.75, 3.05) is 0 Å². The summed E-state index contributed by atoms with van der Waals surface area (Å²) < 4.78 is 0. The van der Waals surface area contributed by atoms with Gasteiger partial charge in [-0.2, -0.15) is 0 Å². The van der Waals surface area contributed by atoms with Crippen LogP contribution in [-0.4, -0.2) is 45.3 Å². The Morgan fingerprint density at radius 2 is 0.971 bits per heavy atom. The minimum Gasteiger partial charge on any atom is -0.388 e. The highest BCUT2D eigenvalue weighted by Crippen LogP contribution is 2.35. The molecule has 0 aromatic heterocycles. The van der Waals surface area contributed by atoms with Gasteiger partial charge in [0.25, 0.3) is 0 Å². The zero-order valence-corrected chi connectivity index (χ0v) is 19.7. The summed E-state index contributed by atoms with van der Waals surface area (Å²) in [6.07, 6.45) is 6.90. The van der Waals surface area contributed by atoms with Crippen molar-refractivity contribution in [3.63, 3.8) is 0 Å². The molecule has 2 amide bonds. The van der Waals surface area contributed by atoms with E-state index in [4.69, 9.17) is 0 Å². The van der Waals surface area contributed by atoms with Crippen LogP contribution in [0.15, 0.2) is 60.7 Å². The Morgan fingerprint density at radius 1 is 0.647 bits per heavy atom. The van der Waals surface area contributed by atoms with Crippen molar-refractivity contribution in [3.05, 3.63) is 71.8 Å². The van der Waals surface area contributed by atoms with Crippen LogP contribution in [0, 0.1) is 0 Å². The molecule has 2 fully saturated rings. The second-order valence-corrected chi connectivity index (χ2v) is 10.1. The van der Waals surface area contributed by atoms with Crippen molar-refractivity contribution in [3.8, 4) is 0 Å². The first-order valence-electron chi connectivity index (χ1n) is 12.5. The molecule has 182 valence electrons. The first kappa shape index (κ1) is 24.4. The molecule has 2 aromatic rings. The SMILES string of the molecule is O=C(N[C@H](Cc1ccccc1)C1(O)CCCC1)C(=O)N[C@H](Cc1ccccc1)C1(O)CCCC1. The Bertz CT molecular complexity index is 871. The maximum atomic E-state index is 13.0. The lowest BCUT2D eigenvalue weighted by Crippen LogP contribution is -2.59. The van der Waals surface area contributed by atoms with Crippen LogP contribution in [0.5, 0.6) is 0 Å². The van der Waals surface area contributed by atoms with Gasteiger partial charge < -0.3 is 20.8 Å². The molecule has 6 nitrogen and oxygen atoms in total. The number of carbonyl (C=O) groups excluding carboxylic acids is 2. The Hall–Kier alpha value is -2.70. The summed E-state index contributed by atoms with van der Waals surface area (Å²) in [6, 6.07) is 18.3. The van der Waals surface area contributed by atoms with Gasteiger partial charge in [-0.05, 0) is 49.7 Å². The molecule has 0 unspecified atom stereocenters. The highest BCUT2D eigenvalue weighted by molar-refractivity contribution is 6.35. The predicted molar refractivity (Wildman–Crippen MR) is 131 cm³/mol. The van der Waals surface area contributed by atoms with Crippen LogP contribution in [0.4, 0.5) is 0 Å². The van der Waals surface area contributed by atoms with Crippen LogP contribution in [0.1, 0.15) is 62.5 Å². The summed E-state index contributed by atoms with van der Waals surface area (Å²) in [5.74, 6) is -1.53. The van der Waals surface area contributed by atoms with Gasteiger partial charge in [0.05, 0.1) is 23.3 Å². The van der Waals surface area contributed by atoms with Gasteiger partial charge in [-0.1, -0.05) is 86.3 Å². The lowest BCUT2D eigenvalue weighted by molar-refractivity contribution is -0.142. The van der Waals surface area contributed by atoms with Gasteiger partial charge in [-0.15, -0.1) is 0 Å². The first-order valence-corrected chi connectivity index (χ1v) is 12.5. The molecule has 2 atom stereocenters. The molecule has 0 spiro atoms. The Kier molecular flexibility index (Phi) is 7.69. The third-order valence-corrected chi connectivity index (χ3v) is 7.62. The summed E-state index contributed by atoms with van der Waals surface area (Å²) in [4.78, 5) is 26.1. The van der Waals surface area contributed by atoms with E-state index in [9.17, 15) is 19.8 Å². The molecule has 0 heterocycles. The molecule has 2 aliphatic carbocycles. The van der Waals surface area contributed by atoms with Crippen molar-refractivity contribution < 1.29 is 19.8 Å². The normalized spacial score (nSPS) is 20.4. The van der Waals surface area contributed by atoms with Gasteiger partial charge in [0, 0.05) is 0 Å². The monoisotopic (exact) mass is 464 g/mol. The maximum Gasteiger partial charge on any atom is 0.309 e. The molecular weight excluding hydrogens is 428 g/mol. The number of hydrogen-bond acceptors (Lipinski definition) is 4. The van der Waals surface area contributed by atoms with Crippen LogP contribution in [0.2, 0.25) is 0 Å². The van der Waals surface area contributed by atoms with E-state index in [1.54, 1.807) is 0 Å². The van der Waals surface area contributed by atoms with E-state index in [2.05, 4.69) is 10.6 Å². The van der Waals surface area contributed by atoms with Crippen molar-refractivity contribution in [2.45, 2.75) is 87.5 Å². The lowest BCUT2D eigenvalue weighted by Gasteiger charge is -2.35. The van der Waals surface area contributed by atoms with Gasteiger partial charge in [-0.25, -0.2) is 0 Å². The lowest BCUT2D eigenvalue weighted by atomic mass is 9.87. The highest BCUT2D eigenvalue weighted by Gasteiger charge is 2.43. The van der Waals surface area contributed by atoms with Crippen molar-refractivity contribution in [1.82, 2.24) is 10.6 Å². The zero-order chi connectivity index (χ0) is 24.0. The predicted octanol–water partition coefficient (Wildman–Crippen LogP) is 3.05. The van der Waals surface area contributed by atoms with E-state index in [0.717, 1.165) is 36.8 Å². The molecular formula is C28H36N2O4. The number of nitrogens with one attached hydrogen (secondary N) is 2. The molecule has 6 heteroatoms. The average molecular weight is 465 g/mol. The van der Waals surface area contributed by atoms with Crippen LogP contribution >= 0.6 is 0 Å². The number of aliphatic hydroxyl groups is 2. The quantitative estimate of drug-likeness (QED) is 0.451. The highest BCUT2D eigenvalue weighted by atomic mass is 16.3. The van der Waals surface area contributed by atoms with Crippen molar-refractivity contribution in [2.24, 2.45) is 0 Å². The molecule has 2 saturated carbocycles. The molecule has 34 heavy (non-hydrogen) atoms. The van der Waals surface area contributed by atoms with Crippen LogP contribution in [-0.2, 0) is 22.4 Å². The Morgan fingerprint density at radius 3 is 1.29 bits per heavy atom. The van der Waals surface area contributed by atoms with Gasteiger partial charge in [0.15, 0.2) is 0 Å². The number of benzene rings is 2. The number of amides is 2. The van der Waals surface area contributed by atoms with E-state index in [0.29, 0.717) is 38.5 Å². The molecule has 0 bridgehead atoms. The van der Waals surface area contributed by atoms with Gasteiger partial charge >= 0.3 is 11.8 Å². The van der Waals surface area contributed by atoms with E-state index < -0.39 is 35.1 Å². The minimum atomic E-state index is -1.03. The molecule has 0 aliphatic heterocycles. The van der Waals surface area contributed by atoms with E-state index in [1.807, 2.05) is 60.7 Å². The Labute approximate surface area is 201 Å². The molecule has 4 rings (SSSR count). The number of carbonyl (C=O) groups is 2. The second-order valence-electron chi connectivity index (χ2n) is 10.1. The topological polar surface area (TPSA) is 98.7 Å². The fourth-order valence-corrected chi connectivity index (χ4v) is 5.57. The van der Waals surface area contributed by atoms with Crippen molar-refractivity contribution in [1.29, 1.82) is 0 Å². The Balaban J connectivity index is 1.47. The van der Waals surface area contributed by atoms with Crippen LogP contribution in [0.25, 0.3) is 0 Å². The standard InChI is InChI=1S/C28H36N2O4/c31-25(29-23(27(33)15-7-8-16-27)19-21-11-3-1-4-12-21)26(32)30-24(28(34)17-9-10-18-28)20-22-13-5-2-6-14-22/h1-6,11-14,23-24,33-34H,7-10,15-20H2,(H,29,31)(H,30,32)/t23-,24-/m1/s1. The summed E-state index contributed by atoms with van der Waals surface area (Å²) in [7, 11) is 0. The summed E-state index contributed by atoms with van der Waals surface area (Å²) in [5.41, 5.74) is -0.0657. The van der Waals surface area contributed by atoms with E-state index >= 15 is 0 Å². The zero-order valence-electron chi connectivity index (χ0n) is 19.7. The van der Waals surface area contributed by atoms with Gasteiger partial charge in [0.1, 0.15) is 0 Å². The maximum absolute atomic E-state index is 13.0. The third-order valence-electron chi connectivity index (χ3n) is 7.62. The fraction of sp³-hybridized carbons (Fsp3) is 0.500. The molecule has 2 aliphatic rings. The average Bonchev–Trinajstić information content (AvgIpc) is 3.49. The summed E-state index contributed by atoms with van der Waals surface area (Å²) >= 11 is 0. The third kappa shape index (κ3) is 5.86. The van der Waals surface area contributed by atoms with E-state index in [1.165, 1.54) is 0 Å². The molecule has 4 N–H and O–H groups in total. The number of hydrogen-bond donors (Lipinski definition) is 4. The minimum absolute atomic E-state index is 0.452. The molecule has 2 aromatic carbocycles. The fourth-order valence-electron chi connectivity index (χ4n) is 5.57. The second kappa shape index (κ2) is 10.7. The first-order chi connectivity index (χ1) is 16.4. The largest absolute Gasteiger partial charge is 0.388 e. The summed E-state index contributed by atoms with van der Waals surface area (Å²) in [6.45, 7) is 0. The molecule has 0 radical (unpaired) electrons. The van der Waals surface area contributed by atoms with Crippen LogP contribution in [0.3, 0.4) is 0 Å². The van der Waals surface area contributed by atoms with Gasteiger partial charge in [-0.3, -0.25) is 9.59 Å². The van der Waals surface area contributed by atoms with Crippen molar-refractivity contribution >= 4 is 11.8 Å². The molecule has 0 saturated heterocycles. The number of rotatable bonds is 8. The van der Waals surface area contributed by atoms with E-state index in [-0.39, 0.29) is 0 Å². The van der Waals surface area contributed by atoms with Crippen LogP contribution < -0.4 is 10.6 Å². The van der Waals surface area contributed by atoms with Gasteiger partial charge in [0.2, 0.25) is 0 Å².